The lowest BCUT2D eigenvalue weighted by atomic mass is 10.1. The molecule has 10 heteroatoms. The lowest BCUT2D eigenvalue weighted by molar-refractivity contribution is -0.289. The number of thioether (sulfide) groups is 1. The Bertz CT molecular complexity index is 956. The summed E-state index contributed by atoms with van der Waals surface area (Å²) in [5, 5.41) is 0. The summed E-state index contributed by atoms with van der Waals surface area (Å²) in [5.74, 6) is -3.86. The van der Waals surface area contributed by atoms with Gasteiger partial charge in [0.1, 0.15) is 11.2 Å². The number of imidazole rings is 1. The molecule has 0 bridgehead atoms. The normalized spacial score (nSPS) is 15.7. The van der Waals surface area contributed by atoms with Crippen molar-refractivity contribution in [1.29, 1.82) is 0 Å². The van der Waals surface area contributed by atoms with Crippen molar-refractivity contribution >= 4 is 28.6 Å². The first-order valence-corrected chi connectivity index (χ1v) is 8.97. The van der Waals surface area contributed by atoms with Crippen LogP contribution in [0.4, 0.5) is 22.0 Å². The molecule has 4 nitrogen and oxygen atoms in total. The standard InChI is InChI=1S/C17H15F5N4S/c1-3-27-12-6-4-5-7-23-13(12)15-25-11-8-10(9-24-14(11)26(15)2)16(18,19)17(20,21)22/h4-6,8-9H,3,7H2,1-2H3. The number of nitrogens with zero attached hydrogens (tertiary/aromatic N) is 4. The summed E-state index contributed by atoms with van der Waals surface area (Å²) in [5.41, 5.74) is -0.533. The second kappa shape index (κ2) is 7.06. The molecule has 0 unspecified atom stereocenters. The van der Waals surface area contributed by atoms with E-state index in [1.165, 1.54) is 11.8 Å². The lowest BCUT2D eigenvalue weighted by Crippen LogP contribution is -2.33. The molecule has 1 aliphatic rings. The van der Waals surface area contributed by atoms with Gasteiger partial charge in [0.25, 0.3) is 0 Å². The Balaban J connectivity index is 2.12. The van der Waals surface area contributed by atoms with E-state index < -0.39 is 17.7 Å². The number of rotatable bonds is 4. The molecule has 2 aromatic heterocycles. The van der Waals surface area contributed by atoms with Gasteiger partial charge in [0.15, 0.2) is 11.5 Å². The number of alkyl halides is 5. The van der Waals surface area contributed by atoms with E-state index in [9.17, 15) is 22.0 Å². The van der Waals surface area contributed by atoms with Crippen LogP contribution >= 0.6 is 11.8 Å². The van der Waals surface area contributed by atoms with Crippen LogP contribution in [0.1, 0.15) is 18.3 Å². The Morgan fingerprint density at radius 2 is 1.96 bits per heavy atom. The molecule has 1 aliphatic heterocycles. The highest BCUT2D eigenvalue weighted by atomic mass is 32.2. The van der Waals surface area contributed by atoms with Crippen molar-refractivity contribution in [2.45, 2.75) is 19.0 Å². The SMILES string of the molecule is CCSC1=CC=CCN=C1c1nc2cc(C(F)(F)C(F)(F)F)cnc2n1C. The fourth-order valence-corrected chi connectivity index (χ4v) is 3.37. The molecule has 0 N–H and O–H groups in total. The minimum atomic E-state index is -5.70. The number of pyridine rings is 1. The number of aryl methyl sites for hydroxylation is 1. The number of fused-ring (bicyclic) bond motifs is 1. The van der Waals surface area contributed by atoms with Gasteiger partial charge in [-0.25, -0.2) is 9.97 Å². The summed E-state index contributed by atoms with van der Waals surface area (Å²) < 4.78 is 66.7. The van der Waals surface area contributed by atoms with Crippen LogP contribution in [0.5, 0.6) is 0 Å². The van der Waals surface area contributed by atoms with E-state index in [4.69, 9.17) is 0 Å². The third kappa shape index (κ3) is 3.50. The molecule has 0 radical (unpaired) electrons. The van der Waals surface area contributed by atoms with Crippen molar-refractivity contribution in [3.8, 4) is 0 Å². The van der Waals surface area contributed by atoms with Crippen LogP contribution in [0.25, 0.3) is 11.2 Å². The Labute approximate surface area is 155 Å². The van der Waals surface area contributed by atoms with Crippen LogP contribution < -0.4 is 0 Å². The summed E-state index contributed by atoms with van der Waals surface area (Å²) in [6.45, 7) is 2.38. The predicted octanol–water partition coefficient (Wildman–Crippen LogP) is 4.62. The quantitative estimate of drug-likeness (QED) is 0.701. The maximum Gasteiger partial charge on any atom is 0.458 e. The highest BCUT2D eigenvalue weighted by Crippen LogP contribution is 2.44. The molecule has 2 aromatic rings. The first kappa shape index (κ1) is 19.5. The van der Waals surface area contributed by atoms with Gasteiger partial charge in [-0.3, -0.25) is 4.99 Å². The van der Waals surface area contributed by atoms with E-state index in [1.54, 1.807) is 11.6 Å². The van der Waals surface area contributed by atoms with E-state index >= 15 is 0 Å². The molecule has 0 fully saturated rings. The average molecular weight is 402 g/mol. The van der Waals surface area contributed by atoms with Gasteiger partial charge in [-0.2, -0.15) is 22.0 Å². The number of halogens is 5. The maximum atomic E-state index is 13.6. The summed E-state index contributed by atoms with van der Waals surface area (Å²) >= 11 is 1.53. The van der Waals surface area contributed by atoms with Crippen molar-refractivity contribution in [2.75, 3.05) is 12.3 Å². The van der Waals surface area contributed by atoms with Gasteiger partial charge in [0.2, 0.25) is 0 Å². The van der Waals surface area contributed by atoms with Crippen LogP contribution in [0.2, 0.25) is 0 Å². The Morgan fingerprint density at radius 3 is 2.63 bits per heavy atom. The molecule has 3 heterocycles. The highest BCUT2D eigenvalue weighted by molar-refractivity contribution is 8.04. The van der Waals surface area contributed by atoms with Gasteiger partial charge in [-0.05, 0) is 17.9 Å². The molecule has 0 saturated carbocycles. The molecule has 0 saturated heterocycles. The zero-order chi connectivity index (χ0) is 19.8. The summed E-state index contributed by atoms with van der Waals surface area (Å²) in [6.07, 6.45) is 0.416. The predicted molar refractivity (Wildman–Crippen MR) is 95.2 cm³/mol. The second-order valence-electron chi connectivity index (χ2n) is 5.71. The number of aliphatic imine (C=N–C) groups is 1. The molecule has 27 heavy (non-hydrogen) atoms. The van der Waals surface area contributed by atoms with Gasteiger partial charge < -0.3 is 4.57 Å². The molecule has 0 aliphatic carbocycles. The van der Waals surface area contributed by atoms with E-state index in [-0.39, 0.29) is 11.2 Å². The van der Waals surface area contributed by atoms with Gasteiger partial charge in [0.05, 0.1) is 12.1 Å². The first-order valence-electron chi connectivity index (χ1n) is 7.99. The summed E-state index contributed by atoms with van der Waals surface area (Å²) in [6, 6.07) is 0.727. The lowest BCUT2D eigenvalue weighted by Gasteiger charge is -2.19. The van der Waals surface area contributed by atoms with Crippen LogP contribution in [-0.2, 0) is 13.0 Å². The van der Waals surface area contributed by atoms with Gasteiger partial charge in [-0.15, -0.1) is 11.8 Å². The first-order chi connectivity index (χ1) is 12.7. The summed E-state index contributed by atoms with van der Waals surface area (Å²) in [7, 11) is 1.62. The third-order valence-electron chi connectivity index (χ3n) is 3.91. The van der Waals surface area contributed by atoms with Gasteiger partial charge in [0, 0.05) is 18.1 Å². The topological polar surface area (TPSA) is 43.1 Å². The van der Waals surface area contributed by atoms with Crippen molar-refractivity contribution < 1.29 is 22.0 Å². The van der Waals surface area contributed by atoms with Crippen LogP contribution in [0, 0.1) is 0 Å². The largest absolute Gasteiger partial charge is 0.458 e. The van der Waals surface area contributed by atoms with E-state index in [2.05, 4.69) is 15.0 Å². The van der Waals surface area contributed by atoms with E-state index in [0.29, 0.717) is 24.3 Å². The fourth-order valence-electron chi connectivity index (χ4n) is 2.59. The smallest absolute Gasteiger partial charge is 0.311 e. The maximum absolute atomic E-state index is 13.6. The van der Waals surface area contributed by atoms with Crippen molar-refractivity contribution in [2.24, 2.45) is 12.0 Å². The van der Waals surface area contributed by atoms with Gasteiger partial charge >= 0.3 is 12.1 Å². The second-order valence-corrected chi connectivity index (χ2v) is 7.02. The number of allylic oxidation sites excluding steroid dienone is 3. The van der Waals surface area contributed by atoms with Crippen molar-refractivity contribution in [3.63, 3.8) is 0 Å². The van der Waals surface area contributed by atoms with Crippen LogP contribution in [0.15, 0.2) is 40.4 Å². The number of aromatic nitrogens is 3. The molecular weight excluding hydrogens is 387 g/mol. The number of hydrogen-bond acceptors (Lipinski definition) is 4. The fraction of sp³-hybridized carbons (Fsp3) is 0.353. The molecule has 3 rings (SSSR count). The Kier molecular flexibility index (Phi) is 5.11. The molecule has 0 aromatic carbocycles. The third-order valence-corrected chi connectivity index (χ3v) is 4.84. The van der Waals surface area contributed by atoms with Crippen LogP contribution in [0.3, 0.4) is 0 Å². The minimum absolute atomic E-state index is 0.0466. The summed E-state index contributed by atoms with van der Waals surface area (Å²) in [4.78, 5) is 13.3. The average Bonchev–Trinajstić information content (AvgIpc) is 2.77. The van der Waals surface area contributed by atoms with Gasteiger partial charge in [-0.1, -0.05) is 19.1 Å². The Hall–Kier alpha value is -2.23. The monoisotopic (exact) mass is 402 g/mol. The Morgan fingerprint density at radius 1 is 1.22 bits per heavy atom. The zero-order valence-electron chi connectivity index (χ0n) is 14.4. The molecular formula is C17H15F5N4S. The van der Waals surface area contributed by atoms with Crippen molar-refractivity contribution in [3.05, 3.63) is 46.8 Å². The van der Waals surface area contributed by atoms with Crippen LogP contribution in [-0.4, -0.2) is 38.7 Å². The van der Waals surface area contributed by atoms with E-state index in [1.807, 2.05) is 25.2 Å². The number of hydrogen-bond donors (Lipinski definition) is 0. The molecule has 0 amide bonds. The minimum Gasteiger partial charge on any atom is -0.311 e. The van der Waals surface area contributed by atoms with Crippen molar-refractivity contribution in [1.82, 2.24) is 14.5 Å². The molecule has 0 atom stereocenters. The zero-order valence-corrected chi connectivity index (χ0v) is 15.2. The molecule has 0 spiro atoms. The molecule has 144 valence electrons. The van der Waals surface area contributed by atoms with E-state index in [0.717, 1.165) is 16.7 Å². The highest BCUT2D eigenvalue weighted by Gasteiger charge is 2.59.